The van der Waals surface area contributed by atoms with Crippen LogP contribution in [-0.2, 0) is 37.4 Å². The van der Waals surface area contributed by atoms with Gasteiger partial charge in [0, 0.05) is 18.0 Å². The Kier molecular flexibility index (Phi) is 5.03. The predicted molar refractivity (Wildman–Crippen MR) is 98.2 cm³/mol. The Morgan fingerprint density at radius 2 is 2.08 bits per heavy atom. The summed E-state index contributed by atoms with van der Waals surface area (Å²) in [5.74, 6) is 0.631. The maximum Gasteiger partial charge on any atom is 0.242 e. The first-order valence-corrected chi connectivity index (χ1v) is 9.49. The first kappa shape index (κ1) is 16.9. The maximum absolute atomic E-state index is 12.2. The van der Waals surface area contributed by atoms with Crippen molar-refractivity contribution in [2.75, 3.05) is 6.54 Å². The number of nitrogens with one attached hydrogen (secondary N) is 1. The summed E-state index contributed by atoms with van der Waals surface area (Å²) in [6.45, 7) is 3.16. The summed E-state index contributed by atoms with van der Waals surface area (Å²) in [7, 11) is 0. The Bertz CT molecular complexity index is 875. The van der Waals surface area contributed by atoms with E-state index in [1.54, 1.807) is 16.0 Å². The summed E-state index contributed by atoms with van der Waals surface area (Å²) in [6, 6.07) is 12.5. The third-order valence-corrected chi connectivity index (χ3v) is 5.39. The van der Waals surface area contributed by atoms with Gasteiger partial charge in [-0.2, -0.15) is 0 Å². The topological polar surface area (TPSA) is 75.9 Å². The number of fused-ring (bicyclic) bond motifs is 1. The first-order chi connectivity index (χ1) is 12.8. The van der Waals surface area contributed by atoms with Crippen LogP contribution < -0.4 is 5.32 Å². The van der Waals surface area contributed by atoms with Crippen LogP contribution >= 0.6 is 11.3 Å². The van der Waals surface area contributed by atoms with Crippen molar-refractivity contribution in [3.05, 3.63) is 63.6 Å². The van der Waals surface area contributed by atoms with Gasteiger partial charge in [-0.1, -0.05) is 30.3 Å². The zero-order valence-corrected chi connectivity index (χ0v) is 15.2. The van der Waals surface area contributed by atoms with E-state index in [2.05, 4.69) is 50.0 Å². The van der Waals surface area contributed by atoms with Crippen LogP contribution in [0.25, 0.3) is 0 Å². The van der Waals surface area contributed by atoms with E-state index >= 15 is 0 Å². The van der Waals surface area contributed by atoms with Gasteiger partial charge in [-0.15, -0.1) is 16.4 Å². The fourth-order valence-corrected chi connectivity index (χ4v) is 3.78. The van der Waals surface area contributed by atoms with Gasteiger partial charge in [-0.25, -0.2) is 4.68 Å². The van der Waals surface area contributed by atoms with E-state index in [1.807, 2.05) is 17.5 Å². The van der Waals surface area contributed by atoms with Crippen molar-refractivity contribution in [2.45, 2.75) is 32.6 Å². The Balaban J connectivity index is 1.34. The number of hydrogen-bond acceptors (Lipinski definition) is 6. The molecule has 4 rings (SSSR count). The highest BCUT2D eigenvalue weighted by atomic mass is 32.1. The number of aromatic nitrogens is 4. The van der Waals surface area contributed by atoms with Crippen LogP contribution in [0.15, 0.2) is 41.8 Å². The molecule has 3 aromatic rings. The lowest BCUT2D eigenvalue weighted by atomic mass is 10.00. The highest BCUT2D eigenvalue weighted by molar-refractivity contribution is 7.09. The Hall–Kier alpha value is -2.58. The van der Waals surface area contributed by atoms with Gasteiger partial charge in [-0.3, -0.25) is 9.69 Å². The molecule has 0 aliphatic carbocycles. The summed E-state index contributed by atoms with van der Waals surface area (Å²) in [5, 5.41) is 16.8. The fraction of sp³-hybridized carbons (Fsp3) is 0.333. The van der Waals surface area contributed by atoms with Crippen molar-refractivity contribution in [1.82, 2.24) is 30.4 Å². The van der Waals surface area contributed by atoms with Gasteiger partial charge in [0.15, 0.2) is 5.82 Å². The number of hydrogen-bond donors (Lipinski definition) is 1. The highest BCUT2D eigenvalue weighted by Crippen LogP contribution is 2.19. The minimum Gasteiger partial charge on any atom is -0.350 e. The fourth-order valence-electron chi connectivity index (χ4n) is 3.14. The molecule has 0 saturated heterocycles. The minimum absolute atomic E-state index is 0.0871. The summed E-state index contributed by atoms with van der Waals surface area (Å²) in [4.78, 5) is 15.6. The molecule has 3 heterocycles. The molecule has 0 saturated carbocycles. The van der Waals surface area contributed by atoms with Crippen molar-refractivity contribution in [3.8, 4) is 0 Å². The zero-order chi connectivity index (χ0) is 17.8. The van der Waals surface area contributed by atoms with Crippen LogP contribution in [0.3, 0.4) is 0 Å². The summed E-state index contributed by atoms with van der Waals surface area (Å²) < 4.78 is 1.59. The molecule has 0 radical (unpaired) electrons. The number of tetrazole rings is 1. The molecule has 0 atom stereocenters. The minimum atomic E-state index is -0.0871. The molecule has 26 heavy (non-hydrogen) atoms. The van der Waals surface area contributed by atoms with Crippen molar-refractivity contribution in [3.63, 3.8) is 0 Å². The molecule has 1 aliphatic rings. The number of carbonyl (C=O) groups excluding carboxylic acids is 1. The van der Waals surface area contributed by atoms with Gasteiger partial charge < -0.3 is 5.32 Å². The van der Waals surface area contributed by atoms with E-state index in [4.69, 9.17) is 0 Å². The Morgan fingerprint density at radius 1 is 1.19 bits per heavy atom. The third-order valence-electron chi connectivity index (χ3n) is 4.51. The number of benzene rings is 1. The molecule has 1 aliphatic heterocycles. The van der Waals surface area contributed by atoms with Gasteiger partial charge in [0.25, 0.3) is 0 Å². The smallest absolute Gasteiger partial charge is 0.242 e. The average molecular weight is 368 g/mol. The average Bonchev–Trinajstić information content (AvgIpc) is 3.32. The standard InChI is InChI=1S/C18H20N6OS/c25-18(19-10-16-6-3-9-26-16)13-24-17(20-21-22-24)12-23-8-7-14-4-1-2-5-15(14)11-23/h1-6,9H,7-8,10-13H2,(H,19,25). The van der Waals surface area contributed by atoms with Crippen LogP contribution in [-0.4, -0.2) is 37.6 Å². The molecule has 1 aromatic carbocycles. The molecule has 134 valence electrons. The predicted octanol–water partition coefficient (Wildman–Crippen LogP) is 1.61. The second-order valence-electron chi connectivity index (χ2n) is 6.34. The van der Waals surface area contributed by atoms with Crippen LogP contribution in [0.5, 0.6) is 0 Å². The second-order valence-corrected chi connectivity index (χ2v) is 7.37. The molecule has 1 N–H and O–H groups in total. The molecule has 1 amide bonds. The first-order valence-electron chi connectivity index (χ1n) is 8.61. The number of carbonyl (C=O) groups is 1. The molecule has 8 heteroatoms. The lowest BCUT2D eigenvalue weighted by Gasteiger charge is -2.28. The van der Waals surface area contributed by atoms with Gasteiger partial charge >= 0.3 is 0 Å². The molecule has 0 unspecified atom stereocenters. The van der Waals surface area contributed by atoms with E-state index in [0.717, 1.165) is 30.2 Å². The third kappa shape index (κ3) is 3.97. The van der Waals surface area contributed by atoms with E-state index < -0.39 is 0 Å². The molecule has 0 bridgehead atoms. The molecule has 0 spiro atoms. The normalized spacial score (nSPS) is 14.2. The van der Waals surface area contributed by atoms with Crippen molar-refractivity contribution in [1.29, 1.82) is 0 Å². The number of nitrogens with zero attached hydrogens (tertiary/aromatic N) is 5. The molecular weight excluding hydrogens is 348 g/mol. The number of thiophene rings is 1. The van der Waals surface area contributed by atoms with E-state index in [-0.39, 0.29) is 12.5 Å². The van der Waals surface area contributed by atoms with Crippen molar-refractivity contribution in [2.24, 2.45) is 0 Å². The van der Waals surface area contributed by atoms with Crippen molar-refractivity contribution >= 4 is 17.2 Å². The van der Waals surface area contributed by atoms with E-state index in [0.29, 0.717) is 13.1 Å². The zero-order valence-electron chi connectivity index (χ0n) is 14.3. The summed E-state index contributed by atoms with van der Waals surface area (Å²) in [5.41, 5.74) is 2.77. The molecule has 7 nitrogen and oxygen atoms in total. The van der Waals surface area contributed by atoms with Gasteiger partial charge in [-0.05, 0) is 39.4 Å². The van der Waals surface area contributed by atoms with Crippen LogP contribution in [0.2, 0.25) is 0 Å². The largest absolute Gasteiger partial charge is 0.350 e. The lowest BCUT2D eigenvalue weighted by molar-refractivity contribution is -0.122. The quantitative estimate of drug-likeness (QED) is 0.715. The van der Waals surface area contributed by atoms with Crippen molar-refractivity contribution < 1.29 is 4.79 Å². The van der Waals surface area contributed by atoms with Gasteiger partial charge in [0.1, 0.15) is 6.54 Å². The molecule has 2 aromatic heterocycles. The highest BCUT2D eigenvalue weighted by Gasteiger charge is 2.19. The Morgan fingerprint density at radius 3 is 2.92 bits per heavy atom. The monoisotopic (exact) mass is 368 g/mol. The molecule has 0 fully saturated rings. The van der Waals surface area contributed by atoms with Crippen LogP contribution in [0.1, 0.15) is 21.8 Å². The second kappa shape index (κ2) is 7.76. The maximum atomic E-state index is 12.2. The van der Waals surface area contributed by atoms with Gasteiger partial charge in [0.2, 0.25) is 5.91 Å². The van der Waals surface area contributed by atoms with E-state index in [9.17, 15) is 4.79 Å². The number of rotatable bonds is 6. The Labute approximate surface area is 155 Å². The van der Waals surface area contributed by atoms with E-state index in [1.165, 1.54) is 11.1 Å². The lowest BCUT2D eigenvalue weighted by Crippen LogP contribution is -2.32. The SMILES string of the molecule is O=C(Cn1nnnc1CN1CCc2ccccc2C1)NCc1cccs1. The summed E-state index contributed by atoms with van der Waals surface area (Å²) in [6.07, 6.45) is 1.03. The van der Waals surface area contributed by atoms with Gasteiger partial charge in [0.05, 0.1) is 13.1 Å². The summed E-state index contributed by atoms with van der Waals surface area (Å²) >= 11 is 1.63. The van der Waals surface area contributed by atoms with Crippen LogP contribution in [0, 0.1) is 0 Å². The number of amides is 1. The molecular formula is C18H20N6OS. The van der Waals surface area contributed by atoms with Crippen LogP contribution in [0.4, 0.5) is 0 Å².